The van der Waals surface area contributed by atoms with E-state index in [4.69, 9.17) is 14.7 Å². The van der Waals surface area contributed by atoms with Gasteiger partial charge < -0.3 is 14.7 Å². The first kappa shape index (κ1) is 11.9. The molecule has 90 valence electrons. The summed E-state index contributed by atoms with van der Waals surface area (Å²) >= 11 is 3.39. The average molecular weight is 300 g/mol. The van der Waals surface area contributed by atoms with E-state index in [1.165, 1.54) is 0 Å². The molecule has 0 saturated heterocycles. The molecule has 0 spiro atoms. The van der Waals surface area contributed by atoms with Crippen LogP contribution in [0.1, 0.15) is 12.0 Å². The van der Waals surface area contributed by atoms with E-state index in [2.05, 4.69) is 21.1 Å². The summed E-state index contributed by atoms with van der Waals surface area (Å²) in [6, 6.07) is 5.42. The van der Waals surface area contributed by atoms with E-state index in [1.54, 1.807) is 19.2 Å². The van der Waals surface area contributed by atoms with E-state index in [0.717, 1.165) is 10.0 Å². The number of carboxylic acid groups (broad SMARTS) is 1. The van der Waals surface area contributed by atoms with E-state index >= 15 is 0 Å². The van der Waals surface area contributed by atoms with Crippen molar-refractivity contribution in [1.29, 1.82) is 0 Å². The summed E-state index contributed by atoms with van der Waals surface area (Å²) < 4.78 is 5.94. The van der Waals surface area contributed by atoms with Crippen molar-refractivity contribution in [1.82, 2.24) is 0 Å². The Morgan fingerprint density at radius 2 is 2.41 bits per heavy atom. The fraction of sp³-hybridized carbons (Fsp3) is 0.273. The molecule has 0 radical (unpaired) electrons. The molecule has 1 atom stereocenters. The van der Waals surface area contributed by atoms with Crippen LogP contribution in [0.15, 0.2) is 27.8 Å². The fourth-order valence-corrected chi connectivity index (χ4v) is 2.00. The number of rotatable bonds is 3. The van der Waals surface area contributed by atoms with Crippen LogP contribution in [0.25, 0.3) is 0 Å². The standard InChI is InChI=1S/C11H10BrNO4/c1-16-6-2-3-8(12)7(4-6)9-5-10(11(14)15)17-13-9/h2-4,10H,5H2,1H3,(H,14,15). The highest BCUT2D eigenvalue weighted by molar-refractivity contribution is 9.10. The second-order valence-corrected chi connectivity index (χ2v) is 4.37. The number of carboxylic acids is 1. The molecule has 1 aromatic rings. The Kier molecular flexibility index (Phi) is 3.33. The molecule has 6 heteroatoms. The van der Waals surface area contributed by atoms with Crippen LogP contribution in [-0.4, -0.2) is 30.0 Å². The number of hydrogen-bond acceptors (Lipinski definition) is 4. The molecule has 5 nitrogen and oxygen atoms in total. The van der Waals surface area contributed by atoms with Gasteiger partial charge in [0.2, 0.25) is 6.10 Å². The molecule has 1 N–H and O–H groups in total. The van der Waals surface area contributed by atoms with Crippen molar-refractivity contribution in [3.8, 4) is 5.75 Å². The highest BCUT2D eigenvalue weighted by atomic mass is 79.9. The van der Waals surface area contributed by atoms with Gasteiger partial charge in [-0.2, -0.15) is 0 Å². The molecular formula is C11H10BrNO4. The Bertz CT molecular complexity index is 486. The molecular weight excluding hydrogens is 290 g/mol. The van der Waals surface area contributed by atoms with Crippen molar-refractivity contribution >= 4 is 27.6 Å². The Morgan fingerprint density at radius 1 is 1.65 bits per heavy atom. The zero-order valence-corrected chi connectivity index (χ0v) is 10.6. The minimum Gasteiger partial charge on any atom is -0.497 e. The molecule has 1 aromatic carbocycles. The topological polar surface area (TPSA) is 68.1 Å². The van der Waals surface area contributed by atoms with Crippen LogP contribution in [0, 0.1) is 0 Å². The highest BCUT2D eigenvalue weighted by Gasteiger charge is 2.29. The number of halogens is 1. The van der Waals surface area contributed by atoms with Crippen LogP contribution in [0.4, 0.5) is 0 Å². The molecule has 1 unspecified atom stereocenters. The van der Waals surface area contributed by atoms with Crippen molar-refractivity contribution in [3.63, 3.8) is 0 Å². The molecule has 1 aliphatic rings. The fourth-order valence-electron chi connectivity index (χ4n) is 1.52. The lowest BCUT2D eigenvalue weighted by Gasteiger charge is -2.06. The van der Waals surface area contributed by atoms with E-state index in [1.807, 2.05) is 6.07 Å². The van der Waals surface area contributed by atoms with Crippen LogP contribution < -0.4 is 4.74 Å². The lowest BCUT2D eigenvalue weighted by atomic mass is 10.0. The third kappa shape index (κ3) is 2.41. The van der Waals surface area contributed by atoms with Crippen molar-refractivity contribution in [2.45, 2.75) is 12.5 Å². The zero-order chi connectivity index (χ0) is 12.4. The molecule has 17 heavy (non-hydrogen) atoms. The molecule has 0 saturated carbocycles. The van der Waals surface area contributed by atoms with Gasteiger partial charge in [-0.05, 0) is 18.2 Å². The van der Waals surface area contributed by atoms with Crippen molar-refractivity contribution < 1.29 is 19.5 Å². The second kappa shape index (κ2) is 4.75. The third-order valence-corrected chi connectivity index (χ3v) is 3.12. The van der Waals surface area contributed by atoms with Crippen molar-refractivity contribution in [3.05, 3.63) is 28.2 Å². The van der Waals surface area contributed by atoms with Gasteiger partial charge in [-0.3, -0.25) is 0 Å². The van der Waals surface area contributed by atoms with Gasteiger partial charge in [0.25, 0.3) is 0 Å². The van der Waals surface area contributed by atoms with Crippen LogP contribution in [0.5, 0.6) is 5.75 Å². The predicted octanol–water partition coefficient (Wildman–Crippen LogP) is 2.04. The van der Waals surface area contributed by atoms with E-state index < -0.39 is 12.1 Å². The summed E-state index contributed by atoms with van der Waals surface area (Å²) in [6.07, 6.45) is -0.649. The van der Waals surface area contributed by atoms with Gasteiger partial charge >= 0.3 is 5.97 Å². The van der Waals surface area contributed by atoms with Crippen molar-refractivity contribution in [2.24, 2.45) is 5.16 Å². The monoisotopic (exact) mass is 299 g/mol. The van der Waals surface area contributed by atoms with Gasteiger partial charge in [0.05, 0.1) is 12.8 Å². The van der Waals surface area contributed by atoms with Gasteiger partial charge in [0.1, 0.15) is 5.75 Å². The summed E-state index contributed by atoms with van der Waals surface area (Å²) in [4.78, 5) is 15.6. The normalized spacial score (nSPS) is 18.5. The molecule has 1 heterocycles. The number of hydrogen-bond donors (Lipinski definition) is 1. The molecule has 2 rings (SSSR count). The third-order valence-electron chi connectivity index (χ3n) is 2.43. The molecule has 0 aliphatic carbocycles. The maximum atomic E-state index is 10.8. The molecule has 0 bridgehead atoms. The summed E-state index contributed by atoms with van der Waals surface area (Å²) in [5.74, 6) is -0.326. The summed E-state index contributed by atoms with van der Waals surface area (Å²) in [7, 11) is 1.57. The number of methoxy groups -OCH3 is 1. The maximum Gasteiger partial charge on any atom is 0.348 e. The van der Waals surface area contributed by atoms with Crippen LogP contribution in [-0.2, 0) is 9.63 Å². The average Bonchev–Trinajstić information content (AvgIpc) is 2.79. The highest BCUT2D eigenvalue weighted by Crippen LogP contribution is 2.27. The van der Waals surface area contributed by atoms with E-state index in [-0.39, 0.29) is 6.42 Å². The molecule has 1 aliphatic heterocycles. The molecule has 0 aromatic heterocycles. The molecule has 0 amide bonds. The Morgan fingerprint density at radius 3 is 3.00 bits per heavy atom. The van der Waals surface area contributed by atoms with Gasteiger partial charge in [0, 0.05) is 16.5 Å². The maximum absolute atomic E-state index is 10.8. The predicted molar refractivity (Wildman–Crippen MR) is 64.4 cm³/mol. The largest absolute Gasteiger partial charge is 0.497 e. The number of benzene rings is 1. The number of nitrogens with zero attached hydrogens (tertiary/aromatic N) is 1. The van der Waals surface area contributed by atoms with Gasteiger partial charge in [-0.25, -0.2) is 4.79 Å². The lowest BCUT2D eigenvalue weighted by molar-refractivity contribution is -0.148. The van der Waals surface area contributed by atoms with Crippen molar-refractivity contribution in [2.75, 3.05) is 7.11 Å². The Hall–Kier alpha value is -1.56. The number of ether oxygens (including phenoxy) is 1. The minimum absolute atomic E-state index is 0.251. The van der Waals surface area contributed by atoms with E-state index in [9.17, 15) is 4.79 Å². The second-order valence-electron chi connectivity index (χ2n) is 3.52. The summed E-state index contributed by atoms with van der Waals surface area (Å²) in [5.41, 5.74) is 1.39. The lowest BCUT2D eigenvalue weighted by Crippen LogP contribution is -2.20. The number of carbonyl (C=O) groups is 1. The number of aliphatic carboxylic acids is 1. The van der Waals surface area contributed by atoms with Crippen LogP contribution >= 0.6 is 15.9 Å². The number of oxime groups is 1. The smallest absolute Gasteiger partial charge is 0.348 e. The van der Waals surface area contributed by atoms with Crippen LogP contribution in [0.2, 0.25) is 0 Å². The first-order valence-electron chi connectivity index (χ1n) is 4.91. The minimum atomic E-state index is -1.01. The SMILES string of the molecule is COc1ccc(Br)c(C2=NOC(C(=O)O)C2)c1. The Labute approximate surface area is 106 Å². The first-order valence-corrected chi connectivity index (χ1v) is 5.70. The molecule has 0 fully saturated rings. The van der Waals surface area contributed by atoms with Gasteiger partial charge in [-0.1, -0.05) is 21.1 Å². The van der Waals surface area contributed by atoms with E-state index in [0.29, 0.717) is 11.5 Å². The summed E-state index contributed by atoms with van der Waals surface area (Å²) in [5, 5.41) is 12.6. The summed E-state index contributed by atoms with van der Waals surface area (Å²) in [6.45, 7) is 0. The zero-order valence-electron chi connectivity index (χ0n) is 9.01. The quantitative estimate of drug-likeness (QED) is 0.927. The van der Waals surface area contributed by atoms with Gasteiger partial charge in [-0.15, -0.1) is 0 Å². The Balaban J connectivity index is 2.26. The van der Waals surface area contributed by atoms with Crippen LogP contribution in [0.3, 0.4) is 0 Å². The first-order chi connectivity index (χ1) is 8.11. The van der Waals surface area contributed by atoms with Gasteiger partial charge in [0.15, 0.2) is 0 Å².